The zero-order valence-electron chi connectivity index (χ0n) is 12.4. The number of carbonyl (C=O) groups is 1. The van der Waals surface area contributed by atoms with Crippen LogP contribution in [0.15, 0.2) is 24.3 Å². The lowest BCUT2D eigenvalue weighted by Gasteiger charge is -2.20. The van der Waals surface area contributed by atoms with Gasteiger partial charge in [-0.05, 0) is 36.5 Å². The van der Waals surface area contributed by atoms with Gasteiger partial charge >= 0.3 is 0 Å². The molecule has 0 bridgehead atoms. The van der Waals surface area contributed by atoms with E-state index in [9.17, 15) is 4.79 Å². The molecule has 3 N–H and O–H groups in total. The highest BCUT2D eigenvalue weighted by atomic mass is 16.1. The molecule has 1 aliphatic rings. The Hall–Kier alpha value is -2.30. The minimum absolute atomic E-state index is 0.0997. The molecule has 2 heterocycles. The number of aromatic nitrogens is 2. The molecule has 21 heavy (non-hydrogen) atoms. The van der Waals surface area contributed by atoms with Gasteiger partial charge in [0.05, 0.1) is 0 Å². The second kappa shape index (κ2) is 5.60. The molecule has 0 saturated heterocycles. The van der Waals surface area contributed by atoms with Crippen LogP contribution in [0.1, 0.15) is 47.8 Å². The molecule has 1 aliphatic heterocycles. The Labute approximate surface area is 124 Å². The van der Waals surface area contributed by atoms with Gasteiger partial charge in [-0.2, -0.15) is 5.10 Å². The molecular weight excluding hydrogens is 264 g/mol. The van der Waals surface area contributed by atoms with Crippen LogP contribution in [0.5, 0.6) is 0 Å². The van der Waals surface area contributed by atoms with E-state index in [2.05, 4.69) is 34.7 Å². The predicted octanol–water partition coefficient (Wildman–Crippen LogP) is 3.14. The first kappa shape index (κ1) is 13.7. The summed E-state index contributed by atoms with van der Waals surface area (Å²) in [4.78, 5) is 12.5. The van der Waals surface area contributed by atoms with Crippen molar-refractivity contribution in [1.29, 1.82) is 0 Å². The van der Waals surface area contributed by atoms with Crippen LogP contribution in [0.4, 0.5) is 11.5 Å². The molecule has 3 rings (SSSR count). The van der Waals surface area contributed by atoms with Crippen molar-refractivity contribution in [2.75, 3.05) is 17.2 Å². The van der Waals surface area contributed by atoms with Gasteiger partial charge < -0.3 is 10.6 Å². The van der Waals surface area contributed by atoms with E-state index in [1.807, 2.05) is 24.3 Å². The van der Waals surface area contributed by atoms with Crippen molar-refractivity contribution in [2.45, 2.75) is 32.6 Å². The molecular formula is C16H20N4O. The number of fused-ring (bicyclic) bond motifs is 1. The summed E-state index contributed by atoms with van der Waals surface area (Å²) in [6, 6.07) is 7.69. The number of H-pyrrole nitrogens is 1. The van der Waals surface area contributed by atoms with E-state index in [4.69, 9.17) is 0 Å². The molecule has 0 aliphatic carbocycles. The first-order valence-corrected chi connectivity index (χ1v) is 7.37. The predicted molar refractivity (Wildman–Crippen MR) is 83.9 cm³/mol. The molecule has 0 radical (unpaired) electrons. The normalized spacial score (nSPS) is 13.7. The van der Waals surface area contributed by atoms with Crippen molar-refractivity contribution >= 4 is 17.4 Å². The van der Waals surface area contributed by atoms with Gasteiger partial charge in [-0.15, -0.1) is 0 Å². The SMILES string of the molecule is CC(C)c1cc(NC(=O)c2cccc3c2CCCN3)n[nH]1. The van der Waals surface area contributed by atoms with Crippen LogP contribution < -0.4 is 10.6 Å². The highest BCUT2D eigenvalue weighted by Crippen LogP contribution is 2.26. The summed E-state index contributed by atoms with van der Waals surface area (Å²) in [5.74, 6) is 0.833. The highest BCUT2D eigenvalue weighted by molar-refractivity contribution is 6.05. The van der Waals surface area contributed by atoms with Gasteiger partial charge in [-0.1, -0.05) is 19.9 Å². The molecule has 1 aromatic carbocycles. The Morgan fingerprint density at radius 1 is 1.38 bits per heavy atom. The third-order valence-corrected chi connectivity index (χ3v) is 3.80. The Bertz CT molecular complexity index is 660. The monoisotopic (exact) mass is 284 g/mol. The van der Waals surface area contributed by atoms with Crippen LogP contribution in [0.2, 0.25) is 0 Å². The molecule has 5 nitrogen and oxygen atoms in total. The molecule has 5 heteroatoms. The Morgan fingerprint density at radius 2 is 2.24 bits per heavy atom. The minimum atomic E-state index is -0.0997. The standard InChI is InChI=1S/C16H20N4O/c1-10(2)14-9-15(20-19-14)18-16(21)12-5-3-7-13-11(12)6-4-8-17-13/h3,5,7,9-10,17H,4,6,8H2,1-2H3,(H2,18,19,20,21). The summed E-state index contributed by atoms with van der Waals surface area (Å²) < 4.78 is 0. The first-order chi connectivity index (χ1) is 10.1. The lowest BCUT2D eigenvalue weighted by molar-refractivity contribution is 0.102. The number of nitrogens with one attached hydrogen (secondary N) is 3. The van der Waals surface area contributed by atoms with Crippen molar-refractivity contribution in [3.05, 3.63) is 41.1 Å². The van der Waals surface area contributed by atoms with E-state index in [1.54, 1.807) is 0 Å². The molecule has 1 aromatic heterocycles. The summed E-state index contributed by atoms with van der Waals surface area (Å²) in [5, 5.41) is 13.3. The van der Waals surface area contributed by atoms with Crippen LogP contribution in [0, 0.1) is 0 Å². The average Bonchev–Trinajstić information content (AvgIpc) is 2.95. The van der Waals surface area contributed by atoms with Crippen molar-refractivity contribution in [3.63, 3.8) is 0 Å². The van der Waals surface area contributed by atoms with Gasteiger partial charge in [-0.3, -0.25) is 9.89 Å². The molecule has 0 saturated carbocycles. The topological polar surface area (TPSA) is 69.8 Å². The molecule has 0 unspecified atom stereocenters. The average molecular weight is 284 g/mol. The Morgan fingerprint density at radius 3 is 3.00 bits per heavy atom. The van der Waals surface area contributed by atoms with Crippen molar-refractivity contribution < 1.29 is 4.79 Å². The second-order valence-electron chi connectivity index (χ2n) is 5.68. The molecule has 1 amide bonds. The first-order valence-electron chi connectivity index (χ1n) is 7.37. The van der Waals surface area contributed by atoms with E-state index in [1.165, 1.54) is 0 Å². The maximum atomic E-state index is 12.5. The highest BCUT2D eigenvalue weighted by Gasteiger charge is 2.18. The maximum Gasteiger partial charge on any atom is 0.257 e. The summed E-state index contributed by atoms with van der Waals surface area (Å²) >= 11 is 0. The fourth-order valence-corrected chi connectivity index (χ4v) is 2.60. The molecule has 0 fully saturated rings. The summed E-state index contributed by atoms with van der Waals surface area (Å²) in [6.45, 7) is 5.13. The Balaban J connectivity index is 1.82. The zero-order valence-corrected chi connectivity index (χ0v) is 12.4. The smallest absolute Gasteiger partial charge is 0.257 e. The van der Waals surface area contributed by atoms with Crippen LogP contribution in [0.3, 0.4) is 0 Å². The van der Waals surface area contributed by atoms with Gasteiger partial charge in [0.25, 0.3) is 5.91 Å². The van der Waals surface area contributed by atoms with Gasteiger partial charge in [0.15, 0.2) is 5.82 Å². The fourth-order valence-electron chi connectivity index (χ4n) is 2.60. The van der Waals surface area contributed by atoms with Crippen molar-refractivity contribution in [2.24, 2.45) is 0 Å². The fraction of sp³-hybridized carbons (Fsp3) is 0.375. The van der Waals surface area contributed by atoms with Crippen molar-refractivity contribution in [1.82, 2.24) is 10.2 Å². The molecule has 110 valence electrons. The Kier molecular flexibility index (Phi) is 3.64. The van der Waals surface area contributed by atoms with E-state index >= 15 is 0 Å². The van der Waals surface area contributed by atoms with E-state index in [0.29, 0.717) is 11.7 Å². The van der Waals surface area contributed by atoms with E-state index < -0.39 is 0 Å². The van der Waals surface area contributed by atoms with Crippen LogP contribution >= 0.6 is 0 Å². The maximum absolute atomic E-state index is 12.5. The van der Waals surface area contributed by atoms with Crippen LogP contribution in [-0.2, 0) is 6.42 Å². The van der Waals surface area contributed by atoms with E-state index in [0.717, 1.165) is 41.9 Å². The number of nitrogens with zero attached hydrogens (tertiary/aromatic N) is 1. The third-order valence-electron chi connectivity index (χ3n) is 3.80. The number of anilines is 2. The lowest BCUT2D eigenvalue weighted by Crippen LogP contribution is -2.19. The number of hydrogen-bond acceptors (Lipinski definition) is 3. The van der Waals surface area contributed by atoms with Gasteiger partial charge in [-0.25, -0.2) is 0 Å². The molecule has 0 atom stereocenters. The summed E-state index contributed by atoms with van der Waals surface area (Å²) in [5.41, 5.74) is 3.91. The number of amides is 1. The van der Waals surface area contributed by atoms with Gasteiger partial charge in [0.2, 0.25) is 0 Å². The quantitative estimate of drug-likeness (QED) is 0.811. The van der Waals surface area contributed by atoms with Crippen molar-refractivity contribution in [3.8, 4) is 0 Å². The molecule has 0 spiro atoms. The summed E-state index contributed by atoms with van der Waals surface area (Å²) in [6.07, 6.45) is 1.99. The number of benzene rings is 1. The van der Waals surface area contributed by atoms with Gasteiger partial charge in [0, 0.05) is 29.6 Å². The van der Waals surface area contributed by atoms with E-state index in [-0.39, 0.29) is 5.91 Å². The van der Waals surface area contributed by atoms with Crippen LogP contribution in [-0.4, -0.2) is 22.6 Å². The largest absolute Gasteiger partial charge is 0.385 e. The zero-order chi connectivity index (χ0) is 14.8. The number of hydrogen-bond donors (Lipinski definition) is 3. The summed E-state index contributed by atoms with van der Waals surface area (Å²) in [7, 11) is 0. The molecule has 2 aromatic rings. The number of rotatable bonds is 3. The second-order valence-corrected chi connectivity index (χ2v) is 5.68. The third kappa shape index (κ3) is 2.77. The number of carbonyl (C=O) groups excluding carboxylic acids is 1. The minimum Gasteiger partial charge on any atom is -0.385 e. The van der Waals surface area contributed by atoms with Crippen LogP contribution in [0.25, 0.3) is 0 Å². The lowest BCUT2D eigenvalue weighted by atomic mass is 9.97. The number of aromatic amines is 1. The van der Waals surface area contributed by atoms with Gasteiger partial charge in [0.1, 0.15) is 0 Å².